The lowest BCUT2D eigenvalue weighted by molar-refractivity contribution is 0.0353. The molecular formula is C16H23N3O. The number of hydrogen-bond acceptors (Lipinski definition) is 3. The number of fused-ring (bicyclic) bond motifs is 1. The van der Waals surface area contributed by atoms with Crippen LogP contribution in [0, 0.1) is 6.92 Å². The van der Waals surface area contributed by atoms with E-state index >= 15 is 0 Å². The normalized spacial score (nSPS) is 18.6. The van der Waals surface area contributed by atoms with E-state index in [1.807, 2.05) is 0 Å². The summed E-state index contributed by atoms with van der Waals surface area (Å²) < 4.78 is 7.64. The predicted molar refractivity (Wildman–Crippen MR) is 81.8 cm³/mol. The number of aromatic nitrogens is 1. The van der Waals surface area contributed by atoms with Crippen LogP contribution < -0.4 is 5.73 Å². The molecule has 0 aliphatic carbocycles. The van der Waals surface area contributed by atoms with Crippen LogP contribution in [0.1, 0.15) is 17.3 Å². The molecule has 1 aromatic heterocycles. The first-order chi connectivity index (χ1) is 9.68. The molecule has 1 fully saturated rings. The largest absolute Gasteiger partial charge is 0.379 e. The minimum atomic E-state index is 0.0548. The van der Waals surface area contributed by atoms with Gasteiger partial charge < -0.3 is 15.0 Å². The van der Waals surface area contributed by atoms with E-state index in [2.05, 4.69) is 47.7 Å². The van der Waals surface area contributed by atoms with Crippen LogP contribution in [0.3, 0.4) is 0 Å². The maximum Gasteiger partial charge on any atom is 0.0594 e. The van der Waals surface area contributed by atoms with Gasteiger partial charge in [-0.3, -0.25) is 4.90 Å². The van der Waals surface area contributed by atoms with Crippen molar-refractivity contribution in [1.29, 1.82) is 0 Å². The third-order valence-corrected chi connectivity index (χ3v) is 4.38. The third-order valence-electron chi connectivity index (χ3n) is 4.38. The van der Waals surface area contributed by atoms with Crippen LogP contribution in [-0.2, 0) is 11.8 Å². The molecule has 3 rings (SSSR count). The Bertz CT molecular complexity index is 599. The van der Waals surface area contributed by atoms with Crippen molar-refractivity contribution in [2.45, 2.75) is 13.0 Å². The second-order valence-corrected chi connectivity index (χ2v) is 5.59. The fraction of sp³-hybridized carbons (Fsp3) is 0.500. The second kappa shape index (κ2) is 5.56. The Hall–Kier alpha value is -1.36. The van der Waals surface area contributed by atoms with Crippen molar-refractivity contribution in [3.8, 4) is 0 Å². The fourth-order valence-corrected chi connectivity index (χ4v) is 3.17. The van der Waals surface area contributed by atoms with E-state index in [9.17, 15) is 0 Å². The van der Waals surface area contributed by atoms with Gasteiger partial charge in [-0.1, -0.05) is 18.2 Å². The first-order valence-electron chi connectivity index (χ1n) is 7.28. The zero-order valence-electron chi connectivity index (χ0n) is 12.3. The summed E-state index contributed by atoms with van der Waals surface area (Å²) in [5, 5.41) is 1.29. The smallest absolute Gasteiger partial charge is 0.0594 e. The Morgan fingerprint density at radius 2 is 1.95 bits per heavy atom. The van der Waals surface area contributed by atoms with E-state index in [0.717, 1.165) is 32.8 Å². The fourth-order valence-electron chi connectivity index (χ4n) is 3.17. The van der Waals surface area contributed by atoms with Crippen LogP contribution in [-0.4, -0.2) is 42.3 Å². The van der Waals surface area contributed by atoms with E-state index in [1.54, 1.807) is 0 Å². The van der Waals surface area contributed by atoms with Crippen molar-refractivity contribution in [1.82, 2.24) is 9.47 Å². The summed E-state index contributed by atoms with van der Waals surface area (Å²) in [6.45, 7) is 6.67. The monoisotopic (exact) mass is 273 g/mol. The predicted octanol–water partition coefficient (Wildman–Crippen LogP) is 1.82. The Morgan fingerprint density at radius 3 is 2.70 bits per heavy atom. The number of aryl methyl sites for hydroxylation is 1. The van der Waals surface area contributed by atoms with Crippen molar-refractivity contribution >= 4 is 10.9 Å². The molecule has 108 valence electrons. The molecule has 4 heteroatoms. The summed E-state index contributed by atoms with van der Waals surface area (Å²) in [4.78, 5) is 2.40. The number of rotatable bonds is 3. The molecule has 4 nitrogen and oxygen atoms in total. The Morgan fingerprint density at radius 1 is 1.25 bits per heavy atom. The van der Waals surface area contributed by atoms with Crippen molar-refractivity contribution in [3.05, 3.63) is 35.5 Å². The summed E-state index contributed by atoms with van der Waals surface area (Å²) in [5.74, 6) is 0. The number of nitrogens with zero attached hydrogens (tertiary/aromatic N) is 2. The van der Waals surface area contributed by atoms with Crippen LogP contribution in [0.2, 0.25) is 0 Å². The summed E-state index contributed by atoms with van der Waals surface area (Å²) in [6, 6.07) is 8.56. The molecule has 2 heterocycles. The molecule has 1 aliphatic rings. The van der Waals surface area contributed by atoms with Gasteiger partial charge in [-0.25, -0.2) is 0 Å². The Balaban J connectivity index is 1.90. The summed E-state index contributed by atoms with van der Waals surface area (Å²) in [7, 11) is 2.11. The van der Waals surface area contributed by atoms with Crippen molar-refractivity contribution in [2.24, 2.45) is 12.8 Å². The standard InChI is InChI=1S/C16H23N3O/c1-12-16(13-5-3-4-6-15(13)18(12)2)14(17)11-19-7-9-20-10-8-19/h3-6,14H,7-11,17H2,1-2H3. The summed E-state index contributed by atoms with van der Waals surface area (Å²) in [6.07, 6.45) is 0. The van der Waals surface area contributed by atoms with Gasteiger partial charge >= 0.3 is 0 Å². The molecule has 20 heavy (non-hydrogen) atoms. The topological polar surface area (TPSA) is 43.4 Å². The molecule has 1 aliphatic heterocycles. The van der Waals surface area contributed by atoms with E-state index in [4.69, 9.17) is 10.5 Å². The van der Waals surface area contributed by atoms with Gasteiger partial charge in [0, 0.05) is 49.3 Å². The number of para-hydroxylation sites is 1. The number of nitrogens with two attached hydrogens (primary N) is 1. The lowest BCUT2D eigenvalue weighted by atomic mass is 10.0. The van der Waals surface area contributed by atoms with Gasteiger partial charge in [0.2, 0.25) is 0 Å². The molecule has 2 aromatic rings. The van der Waals surface area contributed by atoms with Gasteiger partial charge in [-0.15, -0.1) is 0 Å². The highest BCUT2D eigenvalue weighted by molar-refractivity contribution is 5.86. The van der Waals surface area contributed by atoms with Gasteiger partial charge in [0.05, 0.1) is 13.2 Å². The highest BCUT2D eigenvalue weighted by Crippen LogP contribution is 2.29. The minimum Gasteiger partial charge on any atom is -0.379 e. The summed E-state index contributed by atoms with van der Waals surface area (Å²) in [5.41, 5.74) is 10.3. The van der Waals surface area contributed by atoms with Crippen LogP contribution in [0.4, 0.5) is 0 Å². The van der Waals surface area contributed by atoms with Crippen LogP contribution in [0.25, 0.3) is 10.9 Å². The second-order valence-electron chi connectivity index (χ2n) is 5.59. The van der Waals surface area contributed by atoms with E-state index in [0.29, 0.717) is 0 Å². The molecule has 0 spiro atoms. The van der Waals surface area contributed by atoms with E-state index in [-0.39, 0.29) is 6.04 Å². The molecule has 0 radical (unpaired) electrons. The van der Waals surface area contributed by atoms with Gasteiger partial charge in [-0.05, 0) is 18.6 Å². The summed E-state index contributed by atoms with van der Waals surface area (Å²) >= 11 is 0. The van der Waals surface area contributed by atoms with Gasteiger partial charge in [0.1, 0.15) is 0 Å². The Labute approximate surface area is 120 Å². The molecule has 2 N–H and O–H groups in total. The van der Waals surface area contributed by atoms with Crippen molar-refractivity contribution in [3.63, 3.8) is 0 Å². The highest BCUT2D eigenvalue weighted by atomic mass is 16.5. The first-order valence-corrected chi connectivity index (χ1v) is 7.28. The molecule has 1 saturated heterocycles. The minimum absolute atomic E-state index is 0.0548. The van der Waals surface area contributed by atoms with E-state index < -0.39 is 0 Å². The molecule has 1 unspecified atom stereocenters. The van der Waals surface area contributed by atoms with Gasteiger partial charge in [0.25, 0.3) is 0 Å². The molecular weight excluding hydrogens is 250 g/mol. The van der Waals surface area contributed by atoms with Crippen molar-refractivity contribution < 1.29 is 4.74 Å². The first kappa shape index (κ1) is 13.6. The Kier molecular flexibility index (Phi) is 3.78. The van der Waals surface area contributed by atoms with Crippen LogP contribution in [0.15, 0.2) is 24.3 Å². The van der Waals surface area contributed by atoms with Crippen LogP contribution >= 0.6 is 0 Å². The average Bonchev–Trinajstić information content (AvgIpc) is 2.72. The average molecular weight is 273 g/mol. The lowest BCUT2D eigenvalue weighted by Crippen LogP contribution is -2.40. The number of hydrogen-bond donors (Lipinski definition) is 1. The third kappa shape index (κ3) is 2.35. The van der Waals surface area contributed by atoms with E-state index in [1.165, 1.54) is 22.2 Å². The van der Waals surface area contributed by atoms with Crippen molar-refractivity contribution in [2.75, 3.05) is 32.8 Å². The zero-order valence-corrected chi connectivity index (χ0v) is 12.3. The van der Waals surface area contributed by atoms with Gasteiger partial charge in [0.15, 0.2) is 0 Å². The van der Waals surface area contributed by atoms with Gasteiger partial charge in [-0.2, -0.15) is 0 Å². The van der Waals surface area contributed by atoms with Crippen LogP contribution in [0.5, 0.6) is 0 Å². The lowest BCUT2D eigenvalue weighted by Gasteiger charge is -2.29. The maximum absolute atomic E-state index is 6.51. The number of benzene rings is 1. The highest BCUT2D eigenvalue weighted by Gasteiger charge is 2.21. The molecule has 1 atom stereocenters. The zero-order chi connectivity index (χ0) is 14.1. The number of morpholine rings is 1. The SMILES string of the molecule is Cc1c(C(N)CN2CCOCC2)c2ccccc2n1C. The molecule has 0 bridgehead atoms. The number of ether oxygens (including phenoxy) is 1. The maximum atomic E-state index is 6.51. The molecule has 0 saturated carbocycles. The molecule has 0 amide bonds. The quantitative estimate of drug-likeness (QED) is 0.927. The molecule has 1 aromatic carbocycles.